The molecule has 0 bridgehead atoms. The Morgan fingerprint density at radius 1 is 1.50 bits per heavy atom. The Balaban J connectivity index is 2.01. The average Bonchev–Trinajstić information content (AvgIpc) is 2.69. The Morgan fingerprint density at radius 3 is 2.72 bits per heavy atom. The smallest absolute Gasteiger partial charge is 0.410 e. The number of ether oxygens (including phenoxy) is 1. The number of carbonyl (C=O) groups excluding carboxylic acids is 1. The van der Waals surface area contributed by atoms with E-state index < -0.39 is 17.5 Å². The van der Waals surface area contributed by atoms with Crippen LogP contribution in [0.1, 0.15) is 25.7 Å². The molecule has 1 saturated carbocycles. The monoisotopic (exact) mass is 253 g/mol. The molecule has 1 heterocycles. The molecule has 100 valence electrons. The van der Waals surface area contributed by atoms with Crippen LogP contribution in [0, 0.1) is 11.3 Å². The van der Waals surface area contributed by atoms with Crippen LogP contribution in [0.3, 0.4) is 0 Å². The highest BCUT2D eigenvalue weighted by Crippen LogP contribution is 2.48. The van der Waals surface area contributed by atoms with E-state index in [0.717, 1.165) is 19.3 Å². The topological polar surface area (TPSA) is 66.8 Å². The number of rotatable bonds is 4. The minimum atomic E-state index is -0.772. The number of carboxylic acid groups (broad SMARTS) is 1. The van der Waals surface area contributed by atoms with E-state index in [1.807, 2.05) is 0 Å². The van der Waals surface area contributed by atoms with E-state index in [2.05, 4.69) is 6.58 Å². The maximum Gasteiger partial charge on any atom is 0.410 e. The van der Waals surface area contributed by atoms with E-state index in [1.165, 1.54) is 11.0 Å². The van der Waals surface area contributed by atoms with E-state index in [9.17, 15) is 14.7 Å². The molecule has 2 fully saturated rings. The van der Waals surface area contributed by atoms with Gasteiger partial charge in [-0.05, 0) is 25.2 Å². The van der Waals surface area contributed by atoms with Gasteiger partial charge < -0.3 is 14.7 Å². The highest BCUT2D eigenvalue weighted by molar-refractivity contribution is 5.78. The second-order valence-corrected chi connectivity index (χ2v) is 5.13. The molecule has 1 aliphatic carbocycles. The van der Waals surface area contributed by atoms with Crippen molar-refractivity contribution in [2.75, 3.05) is 19.7 Å². The molecule has 2 aliphatic rings. The van der Waals surface area contributed by atoms with Gasteiger partial charge in [0, 0.05) is 13.1 Å². The maximum atomic E-state index is 11.7. The highest BCUT2D eigenvalue weighted by atomic mass is 16.6. The Hall–Kier alpha value is -1.52. The van der Waals surface area contributed by atoms with Crippen LogP contribution >= 0.6 is 0 Å². The Morgan fingerprint density at radius 2 is 2.22 bits per heavy atom. The van der Waals surface area contributed by atoms with Crippen molar-refractivity contribution in [3.63, 3.8) is 0 Å². The average molecular weight is 253 g/mol. The van der Waals surface area contributed by atoms with Crippen molar-refractivity contribution in [1.29, 1.82) is 0 Å². The maximum absolute atomic E-state index is 11.7. The first kappa shape index (κ1) is 12.9. The summed E-state index contributed by atoms with van der Waals surface area (Å²) in [6.45, 7) is 4.39. The van der Waals surface area contributed by atoms with Crippen molar-refractivity contribution in [1.82, 2.24) is 4.90 Å². The van der Waals surface area contributed by atoms with Crippen LogP contribution in [0.25, 0.3) is 0 Å². The first-order valence-electron chi connectivity index (χ1n) is 6.36. The zero-order valence-corrected chi connectivity index (χ0v) is 10.4. The molecule has 18 heavy (non-hydrogen) atoms. The van der Waals surface area contributed by atoms with Crippen molar-refractivity contribution in [2.24, 2.45) is 11.3 Å². The molecule has 1 amide bonds. The van der Waals surface area contributed by atoms with Gasteiger partial charge in [-0.3, -0.25) is 4.79 Å². The van der Waals surface area contributed by atoms with Gasteiger partial charge in [0.15, 0.2) is 0 Å². The predicted octanol–water partition coefficient (Wildman–Crippen LogP) is 1.89. The molecular weight excluding hydrogens is 234 g/mol. The van der Waals surface area contributed by atoms with Gasteiger partial charge in [0.2, 0.25) is 0 Å². The third-order valence-corrected chi connectivity index (χ3v) is 4.20. The van der Waals surface area contributed by atoms with Crippen molar-refractivity contribution in [3.05, 3.63) is 12.7 Å². The number of carbonyl (C=O) groups is 2. The van der Waals surface area contributed by atoms with Gasteiger partial charge in [0.25, 0.3) is 0 Å². The summed E-state index contributed by atoms with van der Waals surface area (Å²) >= 11 is 0. The molecule has 0 aromatic carbocycles. The SMILES string of the molecule is C=CCOC(=O)N1CCC(C(=O)O)(C2CCC2)C1. The first-order chi connectivity index (χ1) is 8.60. The third kappa shape index (κ3) is 2.09. The largest absolute Gasteiger partial charge is 0.481 e. The van der Waals surface area contributed by atoms with Crippen LogP contribution in [0.15, 0.2) is 12.7 Å². The molecule has 1 N–H and O–H groups in total. The minimum Gasteiger partial charge on any atom is -0.481 e. The van der Waals surface area contributed by atoms with E-state index in [4.69, 9.17) is 4.74 Å². The van der Waals surface area contributed by atoms with Crippen molar-refractivity contribution in [2.45, 2.75) is 25.7 Å². The van der Waals surface area contributed by atoms with Crippen molar-refractivity contribution in [3.8, 4) is 0 Å². The van der Waals surface area contributed by atoms with E-state index in [-0.39, 0.29) is 19.1 Å². The fraction of sp³-hybridized carbons (Fsp3) is 0.692. The number of carboxylic acids is 1. The van der Waals surface area contributed by atoms with Crippen LogP contribution in [-0.2, 0) is 9.53 Å². The summed E-state index contributed by atoms with van der Waals surface area (Å²) in [5, 5.41) is 9.48. The standard InChI is InChI=1S/C13H19NO4/c1-2-8-18-12(17)14-7-6-13(9-14,11(15)16)10-4-3-5-10/h2,10H,1,3-9H2,(H,15,16). The lowest BCUT2D eigenvalue weighted by Crippen LogP contribution is -2.45. The predicted molar refractivity (Wildman–Crippen MR) is 65.1 cm³/mol. The lowest BCUT2D eigenvalue weighted by molar-refractivity contribution is -0.153. The van der Waals surface area contributed by atoms with E-state index >= 15 is 0 Å². The van der Waals surface area contributed by atoms with Gasteiger partial charge in [0.05, 0.1) is 5.41 Å². The summed E-state index contributed by atoms with van der Waals surface area (Å²) in [6.07, 6.45) is 4.63. The molecule has 1 unspecified atom stereocenters. The van der Waals surface area contributed by atoms with E-state index in [0.29, 0.717) is 13.0 Å². The van der Waals surface area contributed by atoms with Gasteiger partial charge in [-0.15, -0.1) is 0 Å². The van der Waals surface area contributed by atoms with Crippen LogP contribution in [0.4, 0.5) is 4.79 Å². The Kier molecular flexibility index (Phi) is 3.59. The lowest BCUT2D eigenvalue weighted by atomic mass is 9.64. The van der Waals surface area contributed by atoms with Gasteiger partial charge in [-0.25, -0.2) is 4.79 Å². The number of nitrogens with zero attached hydrogens (tertiary/aromatic N) is 1. The summed E-state index contributed by atoms with van der Waals surface area (Å²) in [6, 6.07) is 0. The summed E-state index contributed by atoms with van der Waals surface area (Å²) in [5.74, 6) is -0.557. The lowest BCUT2D eigenvalue weighted by Gasteiger charge is -2.39. The second-order valence-electron chi connectivity index (χ2n) is 5.13. The van der Waals surface area contributed by atoms with Crippen LogP contribution in [-0.4, -0.2) is 41.8 Å². The molecule has 1 saturated heterocycles. The molecule has 1 aliphatic heterocycles. The third-order valence-electron chi connectivity index (χ3n) is 4.20. The zero-order valence-electron chi connectivity index (χ0n) is 10.4. The number of aliphatic carboxylic acids is 1. The van der Waals surface area contributed by atoms with E-state index in [1.54, 1.807) is 0 Å². The second kappa shape index (κ2) is 5.00. The molecule has 1 atom stereocenters. The summed E-state index contributed by atoms with van der Waals surface area (Å²) in [4.78, 5) is 24.8. The fourth-order valence-corrected chi connectivity index (χ4v) is 2.85. The quantitative estimate of drug-likeness (QED) is 0.777. The fourth-order valence-electron chi connectivity index (χ4n) is 2.85. The molecule has 2 rings (SSSR count). The number of hydrogen-bond donors (Lipinski definition) is 1. The molecule has 5 nitrogen and oxygen atoms in total. The first-order valence-corrected chi connectivity index (χ1v) is 6.36. The molecule has 0 radical (unpaired) electrons. The van der Waals surface area contributed by atoms with Gasteiger partial charge >= 0.3 is 12.1 Å². The molecule has 5 heteroatoms. The minimum absolute atomic E-state index is 0.166. The van der Waals surface area contributed by atoms with Gasteiger partial charge in [-0.2, -0.15) is 0 Å². The summed E-state index contributed by atoms with van der Waals surface area (Å²) in [5.41, 5.74) is -0.745. The molecular formula is C13H19NO4. The normalized spacial score (nSPS) is 27.7. The Bertz CT molecular complexity index is 364. The van der Waals surface area contributed by atoms with Crippen LogP contribution in [0.5, 0.6) is 0 Å². The summed E-state index contributed by atoms with van der Waals surface area (Å²) in [7, 11) is 0. The molecule has 0 aromatic rings. The van der Waals surface area contributed by atoms with Crippen molar-refractivity contribution >= 4 is 12.1 Å². The molecule has 0 aromatic heterocycles. The highest BCUT2D eigenvalue weighted by Gasteiger charge is 2.53. The number of hydrogen-bond acceptors (Lipinski definition) is 3. The van der Waals surface area contributed by atoms with Crippen LogP contribution < -0.4 is 0 Å². The molecule has 0 spiro atoms. The Labute approximate surface area is 106 Å². The van der Waals surface area contributed by atoms with Gasteiger partial charge in [0.1, 0.15) is 6.61 Å². The van der Waals surface area contributed by atoms with Crippen LogP contribution in [0.2, 0.25) is 0 Å². The number of likely N-dealkylation sites (tertiary alicyclic amines) is 1. The summed E-state index contributed by atoms with van der Waals surface area (Å²) < 4.78 is 4.96. The van der Waals surface area contributed by atoms with Crippen molar-refractivity contribution < 1.29 is 19.4 Å². The zero-order chi connectivity index (χ0) is 13.2. The van der Waals surface area contributed by atoms with Gasteiger partial charge in [-0.1, -0.05) is 19.1 Å². The number of amides is 1.